The number of nitrogens with two attached hydrogens (primary N) is 1. The van der Waals surface area contributed by atoms with E-state index in [0.29, 0.717) is 13.0 Å². The van der Waals surface area contributed by atoms with Crippen molar-refractivity contribution in [3.63, 3.8) is 0 Å². The lowest BCUT2D eigenvalue weighted by Gasteiger charge is -2.39. The van der Waals surface area contributed by atoms with Gasteiger partial charge in [0.1, 0.15) is 0 Å². The lowest BCUT2D eigenvalue weighted by Crippen LogP contribution is -2.51. The van der Waals surface area contributed by atoms with E-state index in [-0.39, 0.29) is 24.4 Å². The minimum absolute atomic E-state index is 0.000543. The topological polar surface area (TPSA) is 46.3 Å². The van der Waals surface area contributed by atoms with Crippen molar-refractivity contribution in [2.24, 2.45) is 17.6 Å². The second-order valence-corrected chi connectivity index (χ2v) is 6.26. The Morgan fingerprint density at radius 1 is 1.15 bits per heavy atom. The predicted octanol–water partition coefficient (Wildman–Crippen LogP) is 2.69. The quantitative estimate of drug-likeness (QED) is 0.850. The Morgan fingerprint density at radius 2 is 1.80 bits per heavy atom. The highest BCUT2D eigenvalue weighted by molar-refractivity contribution is 5.79. The Balaban J connectivity index is 1.94. The molecule has 2 unspecified atom stereocenters. The zero-order chi connectivity index (χ0) is 14.8. The van der Waals surface area contributed by atoms with Crippen molar-refractivity contribution in [1.29, 1.82) is 0 Å². The fourth-order valence-electron chi connectivity index (χ4n) is 3.51. The zero-order valence-corrected chi connectivity index (χ0v) is 11.7. The molecule has 1 saturated heterocycles. The number of rotatable bonds is 2. The van der Waals surface area contributed by atoms with Crippen LogP contribution in [0, 0.1) is 11.8 Å². The van der Waals surface area contributed by atoms with E-state index in [1.807, 2.05) is 0 Å². The summed E-state index contributed by atoms with van der Waals surface area (Å²) in [5, 5.41) is 0. The van der Waals surface area contributed by atoms with Gasteiger partial charge in [0.15, 0.2) is 0 Å². The van der Waals surface area contributed by atoms with Crippen molar-refractivity contribution in [1.82, 2.24) is 4.90 Å². The molecule has 0 aromatic rings. The Labute approximate surface area is 117 Å². The molecule has 0 spiro atoms. The van der Waals surface area contributed by atoms with Crippen molar-refractivity contribution in [3.05, 3.63) is 0 Å². The van der Waals surface area contributed by atoms with Crippen LogP contribution in [-0.4, -0.2) is 36.1 Å². The van der Waals surface area contributed by atoms with Crippen molar-refractivity contribution < 1.29 is 18.0 Å². The second-order valence-electron chi connectivity index (χ2n) is 6.26. The van der Waals surface area contributed by atoms with Crippen LogP contribution < -0.4 is 5.73 Å². The number of halogens is 3. The number of nitrogens with zero attached hydrogens (tertiary/aromatic N) is 1. The van der Waals surface area contributed by atoms with Crippen molar-refractivity contribution in [2.75, 3.05) is 13.1 Å². The Kier molecular flexibility index (Phi) is 4.94. The number of amides is 1. The molecule has 3 nitrogen and oxygen atoms in total. The van der Waals surface area contributed by atoms with E-state index < -0.39 is 18.5 Å². The van der Waals surface area contributed by atoms with Crippen LogP contribution in [0.2, 0.25) is 0 Å². The lowest BCUT2D eigenvalue weighted by atomic mass is 9.86. The van der Waals surface area contributed by atoms with Crippen LogP contribution in [0.1, 0.15) is 44.9 Å². The summed E-state index contributed by atoms with van der Waals surface area (Å²) in [7, 11) is 0. The average Bonchev–Trinajstić information content (AvgIpc) is 2.36. The van der Waals surface area contributed by atoms with Crippen molar-refractivity contribution >= 4 is 5.91 Å². The SMILES string of the molecule is NC1CC(CC(F)(F)F)CN(C(=O)C2CCCCC2)C1. The molecule has 0 aromatic heterocycles. The van der Waals surface area contributed by atoms with Crippen molar-refractivity contribution in [2.45, 2.75) is 57.2 Å². The third kappa shape index (κ3) is 4.36. The van der Waals surface area contributed by atoms with E-state index in [0.717, 1.165) is 32.1 Å². The van der Waals surface area contributed by atoms with E-state index in [1.54, 1.807) is 4.90 Å². The van der Waals surface area contributed by atoms with Crippen LogP contribution in [-0.2, 0) is 4.79 Å². The van der Waals surface area contributed by atoms with Gasteiger partial charge in [0, 0.05) is 31.5 Å². The summed E-state index contributed by atoms with van der Waals surface area (Å²) >= 11 is 0. The summed E-state index contributed by atoms with van der Waals surface area (Å²) in [5.74, 6) is -0.529. The predicted molar refractivity (Wildman–Crippen MR) is 69.9 cm³/mol. The summed E-state index contributed by atoms with van der Waals surface area (Å²) < 4.78 is 37.5. The number of carbonyl (C=O) groups excluding carboxylic acids is 1. The molecule has 1 heterocycles. The first-order chi connectivity index (χ1) is 9.35. The third-order valence-corrected chi connectivity index (χ3v) is 4.36. The van der Waals surface area contributed by atoms with Gasteiger partial charge in [-0.15, -0.1) is 0 Å². The largest absolute Gasteiger partial charge is 0.389 e. The molecule has 2 fully saturated rings. The highest BCUT2D eigenvalue weighted by Crippen LogP contribution is 2.32. The lowest BCUT2D eigenvalue weighted by molar-refractivity contribution is -0.154. The van der Waals surface area contributed by atoms with Gasteiger partial charge in [-0.25, -0.2) is 0 Å². The summed E-state index contributed by atoms with van der Waals surface area (Å²) in [6, 6.07) is -0.330. The number of likely N-dealkylation sites (tertiary alicyclic amines) is 1. The summed E-state index contributed by atoms with van der Waals surface area (Å²) in [6.45, 7) is 0.617. The molecule has 20 heavy (non-hydrogen) atoms. The van der Waals surface area contributed by atoms with Crippen LogP contribution in [0.5, 0.6) is 0 Å². The molecule has 1 aliphatic carbocycles. The average molecular weight is 292 g/mol. The van der Waals surface area contributed by atoms with Crippen LogP contribution in [0.4, 0.5) is 13.2 Å². The van der Waals surface area contributed by atoms with Gasteiger partial charge in [0.2, 0.25) is 5.91 Å². The minimum Gasteiger partial charge on any atom is -0.341 e. The maximum atomic E-state index is 12.5. The molecule has 116 valence electrons. The maximum Gasteiger partial charge on any atom is 0.389 e. The first-order valence-corrected chi connectivity index (χ1v) is 7.46. The van der Waals surface area contributed by atoms with Crippen LogP contribution in [0.3, 0.4) is 0 Å². The molecule has 2 N–H and O–H groups in total. The number of alkyl halides is 3. The molecule has 6 heteroatoms. The normalized spacial score (nSPS) is 29.5. The number of carbonyl (C=O) groups is 1. The molecule has 2 aliphatic rings. The van der Waals surface area contributed by atoms with Gasteiger partial charge in [-0.1, -0.05) is 19.3 Å². The second kappa shape index (κ2) is 6.33. The fraction of sp³-hybridized carbons (Fsp3) is 0.929. The minimum atomic E-state index is -4.18. The Hall–Kier alpha value is -0.780. The summed E-state index contributed by atoms with van der Waals surface area (Å²) in [4.78, 5) is 14.0. The van der Waals surface area contributed by atoms with Crippen LogP contribution in [0.15, 0.2) is 0 Å². The van der Waals surface area contributed by atoms with E-state index in [4.69, 9.17) is 5.73 Å². The molecule has 0 bridgehead atoms. The van der Waals surface area contributed by atoms with Gasteiger partial charge >= 0.3 is 6.18 Å². The molecule has 2 rings (SSSR count). The molecule has 1 amide bonds. The van der Waals surface area contributed by atoms with E-state index in [1.165, 1.54) is 0 Å². The molecule has 1 aliphatic heterocycles. The Morgan fingerprint density at radius 3 is 2.40 bits per heavy atom. The molecule has 2 atom stereocenters. The maximum absolute atomic E-state index is 12.5. The fourth-order valence-corrected chi connectivity index (χ4v) is 3.51. The van der Waals surface area contributed by atoms with Gasteiger partial charge < -0.3 is 10.6 Å². The summed E-state index contributed by atoms with van der Waals surface area (Å²) in [5.41, 5.74) is 5.84. The molecular weight excluding hydrogens is 269 g/mol. The molecule has 0 radical (unpaired) electrons. The number of piperidine rings is 1. The number of hydrogen-bond donors (Lipinski definition) is 1. The van der Waals surface area contributed by atoms with Gasteiger partial charge in [0.25, 0.3) is 0 Å². The molecule has 0 aromatic carbocycles. The highest BCUT2D eigenvalue weighted by atomic mass is 19.4. The van der Waals surface area contributed by atoms with Crippen molar-refractivity contribution in [3.8, 4) is 0 Å². The molecular formula is C14H23F3N2O. The third-order valence-electron chi connectivity index (χ3n) is 4.36. The van der Waals surface area contributed by atoms with Crippen LogP contribution >= 0.6 is 0 Å². The van der Waals surface area contributed by atoms with Crippen LogP contribution in [0.25, 0.3) is 0 Å². The molecule has 1 saturated carbocycles. The first kappa shape index (κ1) is 15.6. The summed E-state index contributed by atoms with van der Waals surface area (Å²) in [6.07, 6.45) is 0.317. The number of hydrogen-bond acceptors (Lipinski definition) is 2. The monoisotopic (exact) mass is 292 g/mol. The van der Waals surface area contributed by atoms with E-state index in [9.17, 15) is 18.0 Å². The first-order valence-electron chi connectivity index (χ1n) is 7.46. The smallest absolute Gasteiger partial charge is 0.341 e. The Bertz CT molecular complexity index is 340. The van der Waals surface area contributed by atoms with E-state index >= 15 is 0 Å². The van der Waals surface area contributed by atoms with Gasteiger partial charge in [-0.3, -0.25) is 4.79 Å². The van der Waals surface area contributed by atoms with Gasteiger partial charge in [-0.05, 0) is 25.2 Å². The standard InChI is InChI=1S/C14H23F3N2O/c15-14(16,17)7-10-6-12(18)9-19(8-10)13(20)11-4-2-1-3-5-11/h10-12H,1-9,18H2. The zero-order valence-electron chi connectivity index (χ0n) is 11.7. The van der Waals surface area contributed by atoms with Gasteiger partial charge in [0.05, 0.1) is 0 Å². The van der Waals surface area contributed by atoms with Gasteiger partial charge in [-0.2, -0.15) is 13.2 Å². The highest BCUT2D eigenvalue weighted by Gasteiger charge is 2.38. The van der Waals surface area contributed by atoms with E-state index in [2.05, 4.69) is 0 Å².